The Hall–Kier alpha value is -1.79. The quantitative estimate of drug-likeness (QED) is 0.893. The summed E-state index contributed by atoms with van der Waals surface area (Å²) in [5, 5.41) is 13.4. The number of halogens is 1. The fourth-order valence-electron chi connectivity index (χ4n) is 1.79. The van der Waals surface area contributed by atoms with Gasteiger partial charge in [0.05, 0.1) is 17.3 Å². The molecule has 1 aromatic carbocycles. The van der Waals surface area contributed by atoms with E-state index in [1.165, 1.54) is 29.7 Å². The normalized spacial score (nSPS) is 12.4. The molecule has 0 aliphatic rings. The highest BCUT2D eigenvalue weighted by molar-refractivity contribution is 7.13. The molecule has 0 bridgehead atoms. The van der Waals surface area contributed by atoms with E-state index < -0.39 is 11.9 Å². The maximum atomic E-state index is 13.5. The van der Waals surface area contributed by atoms with E-state index in [1.54, 1.807) is 12.1 Å². The van der Waals surface area contributed by atoms with Gasteiger partial charge >= 0.3 is 0 Å². The number of rotatable bonds is 5. The lowest BCUT2D eigenvalue weighted by Crippen LogP contribution is -2.28. The first-order valence-electron chi connectivity index (χ1n) is 6.65. The summed E-state index contributed by atoms with van der Waals surface area (Å²) in [6.45, 7) is 3.96. The summed E-state index contributed by atoms with van der Waals surface area (Å²) >= 11 is 1.32. The van der Waals surface area contributed by atoms with Gasteiger partial charge in [-0.25, -0.2) is 9.37 Å². The van der Waals surface area contributed by atoms with E-state index in [2.05, 4.69) is 10.3 Å². The predicted molar refractivity (Wildman–Crippen MR) is 79.9 cm³/mol. The van der Waals surface area contributed by atoms with Crippen LogP contribution in [0.3, 0.4) is 0 Å². The highest BCUT2D eigenvalue weighted by Gasteiger charge is 2.16. The van der Waals surface area contributed by atoms with Crippen LogP contribution in [-0.2, 0) is 0 Å². The Balaban J connectivity index is 1.96. The maximum Gasteiger partial charge on any atom is 0.263 e. The third-order valence-corrected chi connectivity index (χ3v) is 4.26. The number of nitrogens with one attached hydrogen (secondary N) is 1. The smallest absolute Gasteiger partial charge is 0.263 e. The molecule has 1 heterocycles. The van der Waals surface area contributed by atoms with E-state index in [4.69, 9.17) is 0 Å². The van der Waals surface area contributed by atoms with Crippen molar-refractivity contribution in [3.05, 3.63) is 51.7 Å². The number of carbonyl (C=O) groups excluding carboxylic acids is 1. The number of amides is 1. The van der Waals surface area contributed by atoms with Gasteiger partial charge in [0, 0.05) is 18.0 Å². The Morgan fingerprint density at radius 3 is 2.76 bits per heavy atom. The van der Waals surface area contributed by atoms with Crippen molar-refractivity contribution in [3.63, 3.8) is 0 Å². The zero-order valence-electron chi connectivity index (χ0n) is 11.8. The van der Waals surface area contributed by atoms with Crippen molar-refractivity contribution >= 4 is 17.2 Å². The van der Waals surface area contributed by atoms with Crippen LogP contribution in [0.4, 0.5) is 4.39 Å². The SMILES string of the molecule is CC(C)c1ncc(C(=O)NCC(O)c2ccccc2F)s1. The van der Waals surface area contributed by atoms with Crippen LogP contribution in [0.5, 0.6) is 0 Å². The first-order chi connectivity index (χ1) is 9.99. The van der Waals surface area contributed by atoms with Gasteiger partial charge in [0.2, 0.25) is 0 Å². The van der Waals surface area contributed by atoms with Crippen molar-refractivity contribution < 1.29 is 14.3 Å². The molecule has 2 aromatic rings. The molecule has 1 atom stereocenters. The standard InChI is InChI=1S/C15H17FN2O2S/c1-9(2)15-18-8-13(21-15)14(20)17-7-12(19)10-5-3-4-6-11(10)16/h3-6,8-9,12,19H,7H2,1-2H3,(H,17,20). The summed E-state index contributed by atoms with van der Waals surface area (Å²) in [5.41, 5.74) is 0.171. The third-order valence-electron chi connectivity index (χ3n) is 2.96. The van der Waals surface area contributed by atoms with Crippen molar-refractivity contribution in [2.24, 2.45) is 0 Å². The number of aliphatic hydroxyl groups excluding tert-OH is 1. The van der Waals surface area contributed by atoms with Gasteiger partial charge in [0.25, 0.3) is 5.91 Å². The molecule has 0 aliphatic carbocycles. The third kappa shape index (κ3) is 3.86. The molecule has 2 N–H and O–H groups in total. The van der Waals surface area contributed by atoms with Gasteiger partial charge in [-0.3, -0.25) is 4.79 Å². The number of aromatic nitrogens is 1. The van der Waals surface area contributed by atoms with Crippen LogP contribution in [0.25, 0.3) is 0 Å². The summed E-state index contributed by atoms with van der Waals surface area (Å²) < 4.78 is 13.5. The summed E-state index contributed by atoms with van der Waals surface area (Å²) in [6.07, 6.45) is 0.442. The fourth-order valence-corrected chi connectivity index (χ4v) is 2.63. The van der Waals surface area contributed by atoms with Gasteiger partial charge in [0.1, 0.15) is 10.7 Å². The van der Waals surface area contributed by atoms with Gasteiger partial charge < -0.3 is 10.4 Å². The predicted octanol–water partition coefficient (Wildman–Crippen LogP) is 2.87. The molecular weight excluding hydrogens is 291 g/mol. The summed E-state index contributed by atoms with van der Waals surface area (Å²) in [6, 6.07) is 5.96. The first-order valence-corrected chi connectivity index (χ1v) is 7.47. The monoisotopic (exact) mass is 308 g/mol. The first kappa shape index (κ1) is 15.6. The van der Waals surface area contributed by atoms with Crippen molar-refractivity contribution in [1.29, 1.82) is 0 Å². The molecule has 0 aliphatic heterocycles. The molecule has 4 nitrogen and oxygen atoms in total. The molecule has 1 amide bonds. The molecular formula is C15H17FN2O2S. The number of nitrogens with zero attached hydrogens (tertiary/aromatic N) is 1. The van der Waals surface area contributed by atoms with Crippen LogP contribution in [0.2, 0.25) is 0 Å². The number of thiazole rings is 1. The fraction of sp³-hybridized carbons (Fsp3) is 0.333. The molecule has 112 valence electrons. The van der Waals surface area contributed by atoms with Gasteiger partial charge in [0.15, 0.2) is 0 Å². The molecule has 1 aromatic heterocycles. The van der Waals surface area contributed by atoms with Gasteiger partial charge in [-0.2, -0.15) is 0 Å². The van der Waals surface area contributed by atoms with E-state index in [1.807, 2.05) is 13.8 Å². The number of hydrogen-bond acceptors (Lipinski definition) is 4. The lowest BCUT2D eigenvalue weighted by Gasteiger charge is -2.12. The van der Waals surface area contributed by atoms with Crippen molar-refractivity contribution in [1.82, 2.24) is 10.3 Å². The van der Waals surface area contributed by atoms with Crippen LogP contribution >= 0.6 is 11.3 Å². The average molecular weight is 308 g/mol. The molecule has 6 heteroatoms. The Labute approximate surface area is 126 Å². The molecule has 1 unspecified atom stereocenters. The van der Waals surface area contributed by atoms with E-state index >= 15 is 0 Å². The average Bonchev–Trinajstić information content (AvgIpc) is 2.95. The van der Waals surface area contributed by atoms with E-state index in [0.29, 0.717) is 4.88 Å². The van der Waals surface area contributed by atoms with Gasteiger partial charge in [-0.15, -0.1) is 11.3 Å². The Bertz CT molecular complexity index is 628. The second-order valence-corrected chi connectivity index (χ2v) is 6.03. The van der Waals surface area contributed by atoms with Crippen molar-refractivity contribution in [3.8, 4) is 0 Å². The Kier molecular flexibility index (Phi) is 5.03. The molecule has 0 saturated heterocycles. The molecule has 2 rings (SSSR count). The van der Waals surface area contributed by atoms with Crippen molar-refractivity contribution in [2.75, 3.05) is 6.54 Å². The summed E-state index contributed by atoms with van der Waals surface area (Å²) in [7, 11) is 0. The number of carbonyl (C=O) groups is 1. The second kappa shape index (κ2) is 6.78. The van der Waals surface area contributed by atoms with Crippen LogP contribution in [0.1, 0.15) is 46.1 Å². The topological polar surface area (TPSA) is 62.2 Å². The van der Waals surface area contributed by atoms with E-state index in [0.717, 1.165) is 5.01 Å². The Morgan fingerprint density at radius 1 is 1.43 bits per heavy atom. The number of aliphatic hydroxyl groups is 1. The molecule has 21 heavy (non-hydrogen) atoms. The lowest BCUT2D eigenvalue weighted by molar-refractivity contribution is 0.0918. The van der Waals surface area contributed by atoms with E-state index in [-0.39, 0.29) is 23.9 Å². The minimum Gasteiger partial charge on any atom is -0.386 e. The zero-order chi connectivity index (χ0) is 15.4. The minimum absolute atomic E-state index is 0.0469. The molecule has 0 spiro atoms. The maximum absolute atomic E-state index is 13.5. The zero-order valence-corrected chi connectivity index (χ0v) is 12.7. The van der Waals surface area contributed by atoms with Crippen molar-refractivity contribution in [2.45, 2.75) is 25.9 Å². The number of benzene rings is 1. The highest BCUT2D eigenvalue weighted by Crippen LogP contribution is 2.21. The summed E-state index contributed by atoms with van der Waals surface area (Å²) in [5.74, 6) is -0.533. The van der Waals surface area contributed by atoms with Gasteiger partial charge in [-0.05, 0) is 6.07 Å². The summed E-state index contributed by atoms with van der Waals surface area (Å²) in [4.78, 5) is 16.6. The molecule has 0 radical (unpaired) electrons. The Morgan fingerprint density at radius 2 is 2.14 bits per heavy atom. The minimum atomic E-state index is -1.08. The van der Waals surface area contributed by atoms with Crippen LogP contribution in [0, 0.1) is 5.82 Å². The lowest BCUT2D eigenvalue weighted by atomic mass is 10.1. The van der Waals surface area contributed by atoms with Gasteiger partial charge in [-0.1, -0.05) is 32.0 Å². The van der Waals surface area contributed by atoms with Crippen LogP contribution in [0.15, 0.2) is 30.5 Å². The van der Waals surface area contributed by atoms with Crippen LogP contribution < -0.4 is 5.32 Å². The molecule has 0 fully saturated rings. The van der Waals surface area contributed by atoms with Crippen LogP contribution in [-0.4, -0.2) is 22.5 Å². The highest BCUT2D eigenvalue weighted by atomic mass is 32.1. The number of hydrogen-bond donors (Lipinski definition) is 2. The van der Waals surface area contributed by atoms with E-state index in [9.17, 15) is 14.3 Å². The largest absolute Gasteiger partial charge is 0.386 e. The second-order valence-electron chi connectivity index (χ2n) is 4.96. The molecule has 0 saturated carbocycles.